The van der Waals surface area contributed by atoms with Crippen molar-refractivity contribution >= 4 is 5.91 Å². The van der Waals surface area contributed by atoms with Gasteiger partial charge >= 0.3 is 0 Å². The Kier molecular flexibility index (Phi) is 53.8. The molecule has 1 aliphatic heterocycles. The largest absolute Gasteiger partial charge is 0.394 e. The van der Waals surface area contributed by atoms with Crippen molar-refractivity contribution in [3.05, 3.63) is 97.2 Å². The molecule has 1 fully saturated rings. The van der Waals surface area contributed by atoms with Crippen molar-refractivity contribution in [3.63, 3.8) is 0 Å². The number of hydrogen-bond acceptors (Lipinski definition) is 8. The van der Waals surface area contributed by atoms with Gasteiger partial charge in [-0.1, -0.05) is 291 Å². The molecule has 7 atom stereocenters. The summed E-state index contributed by atoms with van der Waals surface area (Å²) in [5, 5.41) is 54.7. The summed E-state index contributed by atoms with van der Waals surface area (Å²) in [7, 11) is 0. The highest BCUT2D eigenvalue weighted by molar-refractivity contribution is 5.76. The van der Waals surface area contributed by atoms with Gasteiger partial charge in [-0.2, -0.15) is 0 Å². The lowest BCUT2D eigenvalue weighted by molar-refractivity contribution is -0.302. The van der Waals surface area contributed by atoms with Crippen LogP contribution in [0.2, 0.25) is 0 Å². The van der Waals surface area contributed by atoms with Gasteiger partial charge in [0, 0.05) is 6.42 Å². The predicted molar refractivity (Wildman–Crippen MR) is 331 cm³/mol. The summed E-state index contributed by atoms with van der Waals surface area (Å²) in [5.41, 5.74) is 0. The van der Waals surface area contributed by atoms with Crippen molar-refractivity contribution in [3.8, 4) is 0 Å². The van der Waals surface area contributed by atoms with Crippen molar-refractivity contribution in [1.29, 1.82) is 0 Å². The van der Waals surface area contributed by atoms with Gasteiger partial charge in [-0.25, -0.2) is 0 Å². The van der Waals surface area contributed by atoms with E-state index in [1.165, 1.54) is 167 Å². The third kappa shape index (κ3) is 45.8. The van der Waals surface area contributed by atoms with Gasteiger partial charge < -0.3 is 40.3 Å². The average Bonchev–Trinajstić information content (AvgIpc) is 3.45. The lowest BCUT2D eigenvalue weighted by Gasteiger charge is -2.40. The Hall–Kier alpha value is -2.89. The number of aliphatic hydroxyl groups is 5. The van der Waals surface area contributed by atoms with E-state index >= 15 is 0 Å². The number of nitrogens with one attached hydrogen (secondary N) is 1. The Labute approximate surface area is 479 Å². The smallest absolute Gasteiger partial charge is 0.220 e. The Morgan fingerprint density at radius 2 is 0.795 bits per heavy atom. The van der Waals surface area contributed by atoms with Gasteiger partial charge in [0.15, 0.2) is 6.29 Å². The zero-order valence-corrected chi connectivity index (χ0v) is 50.1. The molecule has 9 nitrogen and oxygen atoms in total. The monoisotopic (exact) mass is 1090 g/mol. The van der Waals surface area contributed by atoms with E-state index in [2.05, 4.69) is 104 Å². The highest BCUT2D eigenvalue weighted by Gasteiger charge is 2.44. The molecule has 1 amide bonds. The maximum Gasteiger partial charge on any atom is 0.220 e. The number of unbranched alkanes of at least 4 members (excludes halogenated alkanes) is 31. The lowest BCUT2D eigenvalue weighted by atomic mass is 9.99. The molecular weight excluding hydrogens is 971 g/mol. The topological polar surface area (TPSA) is 149 Å². The molecule has 450 valence electrons. The first-order valence-corrected chi connectivity index (χ1v) is 32.5. The Morgan fingerprint density at radius 3 is 1.18 bits per heavy atom. The molecule has 0 aromatic rings. The third-order valence-electron chi connectivity index (χ3n) is 14.9. The van der Waals surface area contributed by atoms with E-state index in [0.29, 0.717) is 12.8 Å². The molecule has 1 saturated heterocycles. The molecule has 0 aromatic heterocycles. The highest BCUT2D eigenvalue weighted by atomic mass is 16.7. The number of rotatable bonds is 55. The van der Waals surface area contributed by atoms with Gasteiger partial charge in [0.25, 0.3) is 0 Å². The van der Waals surface area contributed by atoms with Gasteiger partial charge in [-0.3, -0.25) is 4.79 Å². The van der Waals surface area contributed by atoms with Crippen LogP contribution in [0, 0.1) is 0 Å². The summed E-state index contributed by atoms with van der Waals surface area (Å²) >= 11 is 0. The Balaban J connectivity index is 2.21. The predicted octanol–water partition coefficient (Wildman–Crippen LogP) is 17.1. The molecule has 0 saturated carbocycles. The van der Waals surface area contributed by atoms with Crippen molar-refractivity contribution in [2.45, 2.75) is 320 Å². The van der Waals surface area contributed by atoms with E-state index in [9.17, 15) is 30.3 Å². The minimum absolute atomic E-state index is 0.207. The molecule has 0 spiro atoms. The summed E-state index contributed by atoms with van der Waals surface area (Å²) in [6.45, 7) is 3.67. The molecule has 0 aliphatic carbocycles. The van der Waals surface area contributed by atoms with E-state index in [4.69, 9.17) is 9.47 Å². The number of amides is 1. The number of carbonyl (C=O) groups is 1. The van der Waals surface area contributed by atoms with Crippen LogP contribution < -0.4 is 5.32 Å². The van der Waals surface area contributed by atoms with Crippen LogP contribution in [-0.4, -0.2) is 87.5 Å². The SMILES string of the molecule is CC/C=C\C/C=C\C/C=C\C/C=C\C/C=C\C/C=C\C/C=C\CCCCCC(=O)NC(COC1OC(CO)C(O)C(O)C1O)C(O)/C=C/CCCCCCCCCCCCCCCCCCCCCCCCCCCCCC. The molecule has 7 unspecified atom stereocenters. The average molecular weight is 1090 g/mol. The first-order valence-electron chi connectivity index (χ1n) is 32.5. The number of hydrogen-bond donors (Lipinski definition) is 6. The minimum Gasteiger partial charge on any atom is -0.394 e. The molecule has 9 heteroatoms. The molecule has 0 bridgehead atoms. The van der Waals surface area contributed by atoms with Crippen molar-refractivity contribution < 1.29 is 39.8 Å². The molecule has 6 N–H and O–H groups in total. The quantitative estimate of drug-likeness (QED) is 0.0261. The Bertz CT molecular complexity index is 1550. The summed E-state index contributed by atoms with van der Waals surface area (Å²) < 4.78 is 11.3. The molecule has 0 aromatic carbocycles. The van der Waals surface area contributed by atoms with Gasteiger partial charge in [0.1, 0.15) is 24.4 Å². The highest BCUT2D eigenvalue weighted by Crippen LogP contribution is 2.23. The van der Waals surface area contributed by atoms with E-state index in [1.807, 2.05) is 6.08 Å². The standard InChI is InChI=1S/C69H121NO8/c1-3-5-7-9-11-13-15-17-19-21-23-25-27-29-30-31-32-33-35-36-38-40-42-44-46-48-50-52-54-56-58-63(72)62(61-77-69-68(76)67(75)66(74)64(60-71)78-69)70-65(73)59-57-55-53-51-49-47-45-43-41-39-37-34-28-26-24-22-20-18-16-14-12-10-8-6-4-2/h6,8,12,14,18,20,24,26,34,37,41,43,47,49,56,58,62-64,66-69,71-72,74-76H,3-5,7,9-11,13,15-17,19,21-23,25,27-33,35-36,38-40,42,44-46,48,50-55,57,59-61H2,1-2H3,(H,70,73)/b8-6-,14-12-,20-18-,26-24-,37-34-,43-41-,49-47-,58-56+. The minimum atomic E-state index is -1.58. The molecule has 0 radical (unpaired) electrons. The van der Waals surface area contributed by atoms with E-state index in [1.54, 1.807) is 6.08 Å². The second-order valence-corrected chi connectivity index (χ2v) is 22.2. The van der Waals surface area contributed by atoms with Crippen molar-refractivity contribution in [2.24, 2.45) is 0 Å². The van der Waals surface area contributed by atoms with Crippen LogP contribution in [0.1, 0.15) is 277 Å². The zero-order chi connectivity index (χ0) is 56.5. The fraction of sp³-hybridized carbons (Fsp3) is 0.754. The first kappa shape index (κ1) is 73.1. The molecule has 1 heterocycles. The third-order valence-corrected chi connectivity index (χ3v) is 14.9. The summed E-state index contributed by atoms with van der Waals surface area (Å²) in [6, 6.07) is -0.832. The van der Waals surface area contributed by atoms with Crippen LogP contribution in [0.5, 0.6) is 0 Å². The van der Waals surface area contributed by atoms with Crippen LogP contribution in [-0.2, 0) is 14.3 Å². The summed E-state index contributed by atoms with van der Waals surface area (Å²) in [5.74, 6) is -0.209. The van der Waals surface area contributed by atoms with Gasteiger partial charge in [-0.15, -0.1) is 0 Å². The zero-order valence-electron chi connectivity index (χ0n) is 50.1. The number of ether oxygens (including phenoxy) is 2. The van der Waals surface area contributed by atoms with Crippen molar-refractivity contribution in [2.75, 3.05) is 13.2 Å². The molecule has 1 aliphatic rings. The van der Waals surface area contributed by atoms with E-state index in [-0.39, 0.29) is 12.5 Å². The van der Waals surface area contributed by atoms with Crippen LogP contribution in [0.25, 0.3) is 0 Å². The maximum atomic E-state index is 13.1. The summed E-state index contributed by atoms with van der Waals surface area (Å²) in [4.78, 5) is 13.1. The lowest BCUT2D eigenvalue weighted by Crippen LogP contribution is -2.60. The summed E-state index contributed by atoms with van der Waals surface area (Å²) in [6.07, 6.45) is 76.4. The van der Waals surface area contributed by atoms with Gasteiger partial charge in [-0.05, 0) is 77.0 Å². The van der Waals surface area contributed by atoms with Crippen molar-refractivity contribution in [1.82, 2.24) is 5.32 Å². The normalized spacial score (nSPS) is 19.3. The van der Waals surface area contributed by atoms with Crippen LogP contribution in [0.4, 0.5) is 0 Å². The molecule has 78 heavy (non-hydrogen) atoms. The number of allylic oxidation sites excluding steroid dienone is 15. The number of carbonyl (C=O) groups excluding carboxylic acids is 1. The van der Waals surface area contributed by atoms with Crippen LogP contribution >= 0.6 is 0 Å². The number of aliphatic hydroxyl groups excluding tert-OH is 5. The fourth-order valence-corrected chi connectivity index (χ4v) is 9.84. The fourth-order valence-electron chi connectivity index (χ4n) is 9.84. The first-order chi connectivity index (χ1) is 38.3. The molecular formula is C69H121NO8. The van der Waals surface area contributed by atoms with E-state index in [0.717, 1.165) is 83.5 Å². The molecule has 1 rings (SSSR count). The second kappa shape index (κ2) is 57.3. The maximum absolute atomic E-state index is 13.1. The van der Waals surface area contributed by atoms with Gasteiger partial charge in [0.2, 0.25) is 5.91 Å². The van der Waals surface area contributed by atoms with Crippen LogP contribution in [0.15, 0.2) is 97.2 Å². The van der Waals surface area contributed by atoms with Crippen LogP contribution in [0.3, 0.4) is 0 Å². The second-order valence-electron chi connectivity index (χ2n) is 22.2. The Morgan fingerprint density at radius 1 is 0.449 bits per heavy atom. The van der Waals surface area contributed by atoms with E-state index < -0.39 is 49.5 Å². The van der Waals surface area contributed by atoms with Gasteiger partial charge in [0.05, 0.1) is 25.4 Å².